The van der Waals surface area contributed by atoms with E-state index in [0.717, 1.165) is 0 Å². The van der Waals surface area contributed by atoms with Crippen LogP contribution in [0.5, 0.6) is 0 Å². The van der Waals surface area contributed by atoms with E-state index >= 15 is 0 Å². The fourth-order valence-corrected chi connectivity index (χ4v) is 2.77. The third-order valence-electron chi connectivity index (χ3n) is 0.943. The molecule has 0 aromatic carbocycles. The molecule has 0 rings (SSSR count). The Balaban J connectivity index is 3.63. The van der Waals surface area contributed by atoms with Crippen LogP contribution >= 0.6 is 18.2 Å². The lowest BCUT2D eigenvalue weighted by atomic mass is 10.5. The second kappa shape index (κ2) is 6.39. The minimum atomic E-state index is -3.69. The van der Waals surface area contributed by atoms with Gasteiger partial charge in [-0.05, 0) is 11.4 Å². The van der Waals surface area contributed by atoms with E-state index in [-0.39, 0.29) is 25.3 Å². The average Bonchev–Trinajstić information content (AvgIpc) is 2.00. The zero-order chi connectivity index (χ0) is 10.3. The molecule has 0 radical (unpaired) electrons. The Labute approximate surface area is 79.7 Å². The molecule has 0 heterocycles. The van der Waals surface area contributed by atoms with E-state index in [1.54, 1.807) is 0 Å². The van der Waals surface area contributed by atoms with Crippen LogP contribution in [-0.4, -0.2) is 34.9 Å². The van der Waals surface area contributed by atoms with Crippen molar-refractivity contribution in [3.05, 3.63) is 0 Å². The maximum absolute atomic E-state index is 11.0. The normalized spacial score (nSPS) is 15.2. The standard InChI is InChI=1S/C5H12NO5PS/c6-2-3-11-12(9,10)13-4-1-5(7)8/h1-4,6H2,(H,7,8)(H,9,10). The second-order valence-electron chi connectivity index (χ2n) is 2.07. The summed E-state index contributed by atoms with van der Waals surface area (Å²) >= 11 is 0.599. The molecule has 78 valence electrons. The van der Waals surface area contributed by atoms with E-state index in [4.69, 9.17) is 15.7 Å². The molecule has 0 spiro atoms. The molecule has 0 aliphatic carbocycles. The molecule has 0 aliphatic heterocycles. The largest absolute Gasteiger partial charge is 0.481 e. The van der Waals surface area contributed by atoms with Gasteiger partial charge in [0.25, 0.3) is 0 Å². The van der Waals surface area contributed by atoms with Crippen LogP contribution < -0.4 is 5.73 Å². The summed E-state index contributed by atoms with van der Waals surface area (Å²) in [5, 5.41) is 8.24. The summed E-state index contributed by atoms with van der Waals surface area (Å²) in [6.07, 6.45) is -0.165. The molecule has 0 aromatic heterocycles. The first-order chi connectivity index (χ1) is 5.98. The summed E-state index contributed by atoms with van der Waals surface area (Å²) in [6.45, 7) is -3.54. The number of hydrogen-bond acceptors (Lipinski definition) is 5. The lowest BCUT2D eigenvalue weighted by Gasteiger charge is -2.09. The van der Waals surface area contributed by atoms with Crippen molar-refractivity contribution in [1.29, 1.82) is 0 Å². The van der Waals surface area contributed by atoms with Crippen molar-refractivity contribution in [1.82, 2.24) is 0 Å². The monoisotopic (exact) mass is 229 g/mol. The zero-order valence-electron chi connectivity index (χ0n) is 6.88. The number of hydrogen-bond donors (Lipinski definition) is 3. The van der Waals surface area contributed by atoms with Crippen LogP contribution in [0.4, 0.5) is 0 Å². The highest BCUT2D eigenvalue weighted by molar-refractivity contribution is 8.54. The minimum absolute atomic E-state index is 0.00610. The molecule has 0 aliphatic rings. The fraction of sp³-hybridized carbons (Fsp3) is 0.800. The van der Waals surface area contributed by atoms with Crippen molar-refractivity contribution in [3.63, 3.8) is 0 Å². The van der Waals surface area contributed by atoms with E-state index in [9.17, 15) is 9.36 Å². The van der Waals surface area contributed by atoms with Gasteiger partial charge in [-0.15, -0.1) is 0 Å². The van der Waals surface area contributed by atoms with Crippen LogP contribution in [0.3, 0.4) is 0 Å². The topological polar surface area (TPSA) is 110 Å². The van der Waals surface area contributed by atoms with Crippen molar-refractivity contribution < 1.29 is 23.9 Å². The molecular weight excluding hydrogens is 217 g/mol. The van der Waals surface area contributed by atoms with E-state index in [2.05, 4.69) is 4.52 Å². The van der Waals surface area contributed by atoms with Gasteiger partial charge in [0, 0.05) is 12.3 Å². The smallest absolute Gasteiger partial charge is 0.386 e. The maximum atomic E-state index is 11.0. The first-order valence-electron chi connectivity index (χ1n) is 3.51. The van der Waals surface area contributed by atoms with Gasteiger partial charge >= 0.3 is 12.8 Å². The van der Waals surface area contributed by atoms with Crippen LogP contribution in [0.1, 0.15) is 6.42 Å². The van der Waals surface area contributed by atoms with Crippen molar-refractivity contribution in [2.75, 3.05) is 18.9 Å². The molecule has 0 fully saturated rings. The van der Waals surface area contributed by atoms with Gasteiger partial charge in [-0.2, -0.15) is 0 Å². The van der Waals surface area contributed by atoms with Gasteiger partial charge < -0.3 is 15.7 Å². The summed E-state index contributed by atoms with van der Waals surface area (Å²) in [5.74, 6) is -0.959. The van der Waals surface area contributed by atoms with Crippen LogP contribution in [0.25, 0.3) is 0 Å². The Bertz CT molecular complexity index is 211. The molecule has 1 unspecified atom stereocenters. The summed E-state index contributed by atoms with van der Waals surface area (Å²) in [4.78, 5) is 19.1. The van der Waals surface area contributed by atoms with E-state index in [1.165, 1.54) is 0 Å². The molecule has 1 atom stereocenters. The molecular formula is C5H12NO5PS. The Morgan fingerprint density at radius 1 is 1.62 bits per heavy atom. The van der Waals surface area contributed by atoms with Crippen LogP contribution in [0.15, 0.2) is 0 Å². The zero-order valence-corrected chi connectivity index (χ0v) is 8.59. The molecule has 0 bridgehead atoms. The third-order valence-corrected chi connectivity index (χ3v) is 4.01. The molecule has 6 nitrogen and oxygen atoms in total. The summed E-state index contributed by atoms with van der Waals surface area (Å²) in [5.41, 5.74) is 5.05. The van der Waals surface area contributed by atoms with Gasteiger partial charge in [0.05, 0.1) is 13.0 Å². The number of aliphatic carboxylic acids is 1. The number of nitrogens with two attached hydrogens (primary N) is 1. The lowest BCUT2D eigenvalue weighted by Crippen LogP contribution is -2.06. The predicted octanol–water partition coefficient (Wildman–Crippen LogP) is 0.270. The quantitative estimate of drug-likeness (QED) is 0.537. The molecule has 8 heteroatoms. The van der Waals surface area contributed by atoms with Crippen LogP contribution in [0.2, 0.25) is 0 Å². The highest BCUT2D eigenvalue weighted by Gasteiger charge is 2.19. The highest BCUT2D eigenvalue weighted by atomic mass is 32.7. The van der Waals surface area contributed by atoms with Crippen molar-refractivity contribution in [2.45, 2.75) is 6.42 Å². The molecule has 0 amide bonds. The number of carboxylic acids is 1. The second-order valence-corrected chi connectivity index (χ2v) is 6.09. The van der Waals surface area contributed by atoms with Gasteiger partial charge in [-0.25, -0.2) is 4.57 Å². The van der Waals surface area contributed by atoms with Gasteiger partial charge in [0.1, 0.15) is 0 Å². The van der Waals surface area contributed by atoms with Gasteiger partial charge in [-0.3, -0.25) is 9.32 Å². The molecule has 0 saturated carbocycles. The SMILES string of the molecule is NCCOP(=O)(O)SCCC(=O)O. The number of carbonyl (C=O) groups is 1. The Kier molecular flexibility index (Phi) is 6.36. The molecule has 0 aromatic rings. The van der Waals surface area contributed by atoms with E-state index < -0.39 is 12.8 Å². The van der Waals surface area contributed by atoms with Gasteiger partial charge in [0.15, 0.2) is 0 Å². The highest BCUT2D eigenvalue weighted by Crippen LogP contribution is 2.55. The van der Waals surface area contributed by atoms with E-state index in [1.807, 2.05) is 0 Å². The molecule has 13 heavy (non-hydrogen) atoms. The van der Waals surface area contributed by atoms with Crippen LogP contribution in [0, 0.1) is 0 Å². The first-order valence-corrected chi connectivity index (χ1v) is 6.68. The molecule has 4 N–H and O–H groups in total. The summed E-state index contributed by atoms with van der Waals surface area (Å²) < 4.78 is 15.5. The van der Waals surface area contributed by atoms with Gasteiger partial charge in [0.2, 0.25) is 0 Å². The fourth-order valence-electron chi connectivity index (χ4n) is 0.454. The Hall–Kier alpha value is -0.0700. The lowest BCUT2D eigenvalue weighted by molar-refractivity contribution is -0.136. The summed E-state index contributed by atoms with van der Waals surface area (Å²) in [7, 11) is 0. The van der Waals surface area contributed by atoms with Crippen LogP contribution in [-0.2, 0) is 13.9 Å². The number of carboxylic acid groups (broad SMARTS) is 1. The third kappa shape index (κ3) is 8.27. The first kappa shape index (κ1) is 12.9. The van der Waals surface area contributed by atoms with E-state index in [0.29, 0.717) is 11.4 Å². The van der Waals surface area contributed by atoms with Crippen molar-refractivity contribution in [2.24, 2.45) is 5.73 Å². The average molecular weight is 229 g/mol. The molecule has 0 saturated heterocycles. The minimum Gasteiger partial charge on any atom is -0.481 e. The maximum Gasteiger partial charge on any atom is 0.386 e. The van der Waals surface area contributed by atoms with Gasteiger partial charge in [-0.1, -0.05) is 0 Å². The Morgan fingerprint density at radius 3 is 2.69 bits per heavy atom. The number of rotatable bonds is 7. The van der Waals surface area contributed by atoms with Crippen molar-refractivity contribution in [3.8, 4) is 0 Å². The predicted molar refractivity (Wildman–Crippen MR) is 49.5 cm³/mol. The Morgan fingerprint density at radius 2 is 2.23 bits per heavy atom. The summed E-state index contributed by atoms with van der Waals surface area (Å²) in [6, 6.07) is 0. The van der Waals surface area contributed by atoms with Crippen molar-refractivity contribution >= 4 is 24.1 Å².